The van der Waals surface area contributed by atoms with E-state index in [2.05, 4.69) is 15.2 Å². The van der Waals surface area contributed by atoms with Crippen LogP contribution in [0, 0.1) is 0 Å². The summed E-state index contributed by atoms with van der Waals surface area (Å²) in [7, 11) is -2.24. The van der Waals surface area contributed by atoms with Crippen molar-refractivity contribution >= 4 is 15.7 Å². The third-order valence-corrected chi connectivity index (χ3v) is 5.85. The zero-order valence-electron chi connectivity index (χ0n) is 12.8. The van der Waals surface area contributed by atoms with Gasteiger partial charge in [-0.05, 0) is 12.1 Å². The van der Waals surface area contributed by atoms with E-state index in [1.165, 1.54) is 22.8 Å². The minimum atomic E-state index is -4.59. The Morgan fingerprint density at radius 1 is 1.28 bits per heavy atom. The summed E-state index contributed by atoms with van der Waals surface area (Å²) in [5.74, 6) is -0.578. The van der Waals surface area contributed by atoms with Crippen molar-refractivity contribution in [2.24, 2.45) is 7.05 Å². The molecule has 0 radical (unpaired) electrons. The van der Waals surface area contributed by atoms with Gasteiger partial charge in [0.15, 0.2) is 0 Å². The molecule has 3 heterocycles. The number of likely N-dealkylation sites (tertiary alicyclic amines) is 1. The number of halogens is 3. The van der Waals surface area contributed by atoms with Crippen LogP contribution in [0.2, 0.25) is 0 Å². The molecule has 3 rings (SSSR count). The smallest absolute Gasteiger partial charge is 0.336 e. The standard InChI is InChI=1S/C13H12F3N5O3S/c1-20-7-18-19-12(20)25(23,24)9-5-21(6-9)11(22)8-2-3-10(17-4-8)13(14,15)16/h2-4,7,9H,5-6H2,1H3. The van der Waals surface area contributed by atoms with Crippen molar-refractivity contribution in [2.75, 3.05) is 13.1 Å². The lowest BCUT2D eigenvalue weighted by Crippen LogP contribution is -2.57. The molecule has 0 saturated carbocycles. The van der Waals surface area contributed by atoms with Crippen LogP contribution in [0.3, 0.4) is 0 Å². The minimum Gasteiger partial charge on any atom is -0.336 e. The van der Waals surface area contributed by atoms with E-state index in [9.17, 15) is 26.4 Å². The molecule has 2 aromatic rings. The monoisotopic (exact) mass is 375 g/mol. The second-order valence-corrected chi connectivity index (χ2v) is 7.65. The number of alkyl halides is 3. The fraction of sp³-hybridized carbons (Fsp3) is 0.385. The first kappa shape index (κ1) is 17.3. The van der Waals surface area contributed by atoms with Gasteiger partial charge in [-0.1, -0.05) is 0 Å². The van der Waals surface area contributed by atoms with Gasteiger partial charge in [0.2, 0.25) is 15.0 Å². The molecule has 25 heavy (non-hydrogen) atoms. The Morgan fingerprint density at radius 3 is 2.44 bits per heavy atom. The fourth-order valence-corrected chi connectivity index (χ4v) is 4.01. The van der Waals surface area contributed by atoms with Crippen LogP contribution in [0.1, 0.15) is 16.1 Å². The second kappa shape index (κ2) is 5.79. The van der Waals surface area contributed by atoms with Crippen LogP contribution in [0.25, 0.3) is 0 Å². The summed E-state index contributed by atoms with van der Waals surface area (Å²) in [5.41, 5.74) is -1.14. The first-order valence-electron chi connectivity index (χ1n) is 7.01. The fourth-order valence-electron chi connectivity index (χ4n) is 2.35. The third-order valence-electron chi connectivity index (χ3n) is 3.80. The zero-order chi connectivity index (χ0) is 18.4. The Morgan fingerprint density at radius 2 is 1.96 bits per heavy atom. The molecule has 134 valence electrons. The van der Waals surface area contributed by atoms with Gasteiger partial charge in [-0.15, -0.1) is 10.2 Å². The maximum absolute atomic E-state index is 12.5. The molecule has 0 atom stereocenters. The SMILES string of the molecule is Cn1cnnc1S(=O)(=O)C1CN(C(=O)c2ccc(C(F)(F)F)nc2)C1. The average molecular weight is 375 g/mol. The Labute approximate surface area is 140 Å². The van der Waals surface area contributed by atoms with Gasteiger partial charge in [0, 0.05) is 26.3 Å². The molecule has 0 aliphatic carbocycles. The number of carbonyl (C=O) groups excluding carboxylic acids is 1. The largest absolute Gasteiger partial charge is 0.433 e. The molecule has 8 nitrogen and oxygen atoms in total. The highest BCUT2D eigenvalue weighted by molar-refractivity contribution is 7.92. The van der Waals surface area contributed by atoms with Crippen LogP contribution in [-0.4, -0.2) is 57.3 Å². The van der Waals surface area contributed by atoms with E-state index < -0.39 is 32.9 Å². The third kappa shape index (κ3) is 3.08. The average Bonchev–Trinajstić information content (AvgIpc) is 2.91. The van der Waals surface area contributed by atoms with Crippen molar-refractivity contribution in [2.45, 2.75) is 16.6 Å². The highest BCUT2D eigenvalue weighted by Gasteiger charge is 2.43. The number of pyridine rings is 1. The highest BCUT2D eigenvalue weighted by atomic mass is 32.2. The molecule has 1 amide bonds. The van der Waals surface area contributed by atoms with Gasteiger partial charge in [0.1, 0.15) is 17.3 Å². The summed E-state index contributed by atoms with van der Waals surface area (Å²) >= 11 is 0. The summed E-state index contributed by atoms with van der Waals surface area (Å²) in [6.07, 6.45) is -2.51. The van der Waals surface area contributed by atoms with E-state index in [-0.39, 0.29) is 23.8 Å². The van der Waals surface area contributed by atoms with Crippen molar-refractivity contribution < 1.29 is 26.4 Å². The molecule has 12 heteroatoms. The van der Waals surface area contributed by atoms with Gasteiger partial charge in [-0.2, -0.15) is 13.2 Å². The maximum atomic E-state index is 12.5. The van der Waals surface area contributed by atoms with Crippen molar-refractivity contribution in [3.8, 4) is 0 Å². The number of hydrogen-bond donors (Lipinski definition) is 0. The predicted octanol–water partition coefficient (Wildman–Crippen LogP) is 0.527. The molecule has 0 spiro atoms. The van der Waals surface area contributed by atoms with Crippen LogP contribution in [0.4, 0.5) is 13.2 Å². The number of hydrogen-bond acceptors (Lipinski definition) is 6. The quantitative estimate of drug-likeness (QED) is 0.776. The van der Waals surface area contributed by atoms with Crippen LogP contribution in [-0.2, 0) is 23.1 Å². The van der Waals surface area contributed by atoms with E-state index in [0.29, 0.717) is 6.07 Å². The number of nitrogens with zero attached hydrogens (tertiary/aromatic N) is 5. The summed E-state index contributed by atoms with van der Waals surface area (Å²) in [5, 5.41) is 6.04. The predicted molar refractivity (Wildman–Crippen MR) is 77.1 cm³/mol. The lowest BCUT2D eigenvalue weighted by molar-refractivity contribution is -0.141. The second-order valence-electron chi connectivity index (χ2n) is 5.53. The molecule has 1 aliphatic heterocycles. The molecule has 0 N–H and O–H groups in total. The summed E-state index contributed by atoms with van der Waals surface area (Å²) in [6, 6.07) is 1.73. The number of carbonyl (C=O) groups is 1. The molecule has 0 aromatic carbocycles. The summed E-state index contributed by atoms with van der Waals surface area (Å²) in [4.78, 5) is 16.6. The molecular formula is C13H12F3N5O3S. The molecular weight excluding hydrogens is 363 g/mol. The highest BCUT2D eigenvalue weighted by Crippen LogP contribution is 2.28. The first-order valence-corrected chi connectivity index (χ1v) is 8.56. The van der Waals surface area contributed by atoms with E-state index in [4.69, 9.17) is 0 Å². The van der Waals surface area contributed by atoms with E-state index >= 15 is 0 Å². The first-order chi connectivity index (χ1) is 11.6. The van der Waals surface area contributed by atoms with E-state index in [0.717, 1.165) is 12.3 Å². The minimum absolute atomic E-state index is 0.0393. The Balaban J connectivity index is 1.68. The summed E-state index contributed by atoms with van der Waals surface area (Å²) < 4.78 is 63.4. The lowest BCUT2D eigenvalue weighted by atomic mass is 10.1. The zero-order valence-corrected chi connectivity index (χ0v) is 13.6. The molecule has 2 aromatic heterocycles. The van der Waals surface area contributed by atoms with Crippen molar-refractivity contribution in [1.29, 1.82) is 0 Å². The topological polar surface area (TPSA) is 98.0 Å². The van der Waals surface area contributed by atoms with Crippen molar-refractivity contribution in [1.82, 2.24) is 24.6 Å². The normalized spacial score (nSPS) is 15.9. The Kier molecular flexibility index (Phi) is 4.01. The van der Waals surface area contributed by atoms with E-state index in [1.807, 2.05) is 0 Å². The van der Waals surface area contributed by atoms with Gasteiger partial charge >= 0.3 is 6.18 Å². The van der Waals surface area contributed by atoms with Gasteiger partial charge in [0.05, 0.1) is 5.56 Å². The Hall–Kier alpha value is -2.50. The van der Waals surface area contributed by atoms with Crippen LogP contribution in [0.5, 0.6) is 0 Å². The van der Waals surface area contributed by atoms with Crippen LogP contribution >= 0.6 is 0 Å². The number of aromatic nitrogens is 4. The van der Waals surface area contributed by atoms with Crippen molar-refractivity contribution in [3.63, 3.8) is 0 Å². The number of amides is 1. The van der Waals surface area contributed by atoms with E-state index in [1.54, 1.807) is 0 Å². The number of sulfone groups is 1. The lowest BCUT2D eigenvalue weighted by Gasteiger charge is -2.38. The molecule has 1 aliphatic rings. The molecule has 1 saturated heterocycles. The number of rotatable bonds is 3. The molecule has 1 fully saturated rings. The molecule has 0 unspecified atom stereocenters. The number of aryl methyl sites for hydroxylation is 1. The van der Waals surface area contributed by atoms with Gasteiger partial charge < -0.3 is 9.47 Å². The molecule has 0 bridgehead atoms. The Bertz CT molecular complexity index is 902. The summed E-state index contributed by atoms with van der Waals surface area (Å²) in [6.45, 7) is -0.149. The van der Waals surface area contributed by atoms with Gasteiger partial charge in [0.25, 0.3) is 5.91 Å². The van der Waals surface area contributed by atoms with Crippen LogP contribution in [0.15, 0.2) is 29.8 Å². The van der Waals surface area contributed by atoms with Crippen molar-refractivity contribution in [3.05, 3.63) is 35.9 Å². The maximum Gasteiger partial charge on any atom is 0.433 e. The van der Waals surface area contributed by atoms with Gasteiger partial charge in [-0.3, -0.25) is 9.78 Å². The van der Waals surface area contributed by atoms with Gasteiger partial charge in [-0.25, -0.2) is 8.42 Å². The van der Waals surface area contributed by atoms with Crippen LogP contribution < -0.4 is 0 Å².